The molecule has 3 rings (SSSR count). The van der Waals surface area contributed by atoms with Crippen LogP contribution in [0, 0.1) is 18.8 Å². The molecule has 1 aliphatic rings. The Bertz CT molecular complexity index is 1190. The summed E-state index contributed by atoms with van der Waals surface area (Å²) in [6, 6.07) is 7.96. The largest absolute Gasteiger partial charge is 0.348 e. The second kappa shape index (κ2) is 15.1. The molecule has 2 unspecified atom stereocenters. The van der Waals surface area contributed by atoms with E-state index < -0.39 is 0 Å². The maximum absolute atomic E-state index is 13.6. The lowest BCUT2D eigenvalue weighted by molar-refractivity contribution is -0.114. The van der Waals surface area contributed by atoms with E-state index in [9.17, 15) is 4.79 Å². The summed E-state index contributed by atoms with van der Waals surface area (Å²) in [4.78, 5) is 22.6. The maximum Gasteiger partial charge on any atom is 0.280 e. The van der Waals surface area contributed by atoms with Gasteiger partial charge in [0.05, 0.1) is 27.5 Å². The van der Waals surface area contributed by atoms with Gasteiger partial charge in [-0.05, 0) is 62.3 Å². The molecule has 0 N–H and O–H groups in total. The summed E-state index contributed by atoms with van der Waals surface area (Å²) in [7, 11) is 0. The standard InChI is InChI=1S/C35H54N4OS/c1-10-14-18-27(12-3)23-38(24-28(13-4)19-15-11-2)34-36-32(35(7,8)9)31(41-34)22-30-26(6)37-39(33(30)40)29-20-16-17-25(5)21-29/h16-17,20-22,27-28H,10-15,18-19,23-24H2,1-9H3/b30-22-. The second-order valence-corrected chi connectivity index (χ2v) is 13.9. The van der Waals surface area contributed by atoms with E-state index >= 15 is 0 Å². The number of thiazole rings is 1. The highest BCUT2D eigenvalue weighted by molar-refractivity contribution is 7.16. The monoisotopic (exact) mass is 578 g/mol. The highest BCUT2D eigenvalue weighted by atomic mass is 32.1. The van der Waals surface area contributed by atoms with E-state index in [2.05, 4.69) is 64.5 Å². The fourth-order valence-corrected chi connectivity index (χ4v) is 6.77. The number of hydrazone groups is 1. The van der Waals surface area contributed by atoms with E-state index in [0.29, 0.717) is 17.4 Å². The molecule has 2 heterocycles. The van der Waals surface area contributed by atoms with Crippen molar-refractivity contribution in [3.05, 3.63) is 46.0 Å². The molecule has 5 nitrogen and oxygen atoms in total. The number of hydrogen-bond donors (Lipinski definition) is 0. The molecule has 1 amide bonds. The van der Waals surface area contributed by atoms with Gasteiger partial charge in [0.1, 0.15) is 0 Å². The van der Waals surface area contributed by atoms with Crippen LogP contribution in [0.1, 0.15) is 123 Å². The molecule has 0 saturated carbocycles. The summed E-state index contributed by atoms with van der Waals surface area (Å²) in [6.45, 7) is 22.0. The summed E-state index contributed by atoms with van der Waals surface area (Å²) in [5.41, 5.74) is 4.24. The molecule has 0 bridgehead atoms. The van der Waals surface area contributed by atoms with Crippen molar-refractivity contribution in [1.29, 1.82) is 0 Å². The minimum Gasteiger partial charge on any atom is -0.348 e. The number of benzene rings is 1. The fourth-order valence-electron chi connectivity index (χ4n) is 5.53. The molecule has 6 heteroatoms. The quantitative estimate of drug-likeness (QED) is 0.198. The zero-order valence-corrected chi connectivity index (χ0v) is 28.0. The van der Waals surface area contributed by atoms with Crippen LogP contribution in [0.2, 0.25) is 0 Å². The van der Waals surface area contributed by atoms with Crippen molar-refractivity contribution in [3.8, 4) is 0 Å². The first-order valence-electron chi connectivity index (χ1n) is 16.0. The Morgan fingerprint density at radius 3 is 2.10 bits per heavy atom. The summed E-state index contributed by atoms with van der Waals surface area (Å²) in [5.74, 6) is 1.25. The highest BCUT2D eigenvalue weighted by Crippen LogP contribution is 2.38. The van der Waals surface area contributed by atoms with Crippen LogP contribution in [-0.2, 0) is 10.2 Å². The van der Waals surface area contributed by atoms with Crippen LogP contribution in [-0.4, -0.2) is 29.7 Å². The van der Waals surface area contributed by atoms with Gasteiger partial charge in [-0.15, -0.1) is 0 Å². The predicted octanol–water partition coefficient (Wildman–Crippen LogP) is 9.79. The Morgan fingerprint density at radius 2 is 1.59 bits per heavy atom. The van der Waals surface area contributed by atoms with Gasteiger partial charge in [-0.25, -0.2) is 4.98 Å². The number of aromatic nitrogens is 1. The Labute approximate surface area is 254 Å². The number of anilines is 2. The number of unbranched alkanes of at least 4 members (excludes halogenated alkanes) is 2. The number of hydrogen-bond acceptors (Lipinski definition) is 5. The Kier molecular flexibility index (Phi) is 12.2. The summed E-state index contributed by atoms with van der Waals surface area (Å²) < 4.78 is 0. The fraction of sp³-hybridized carbons (Fsp3) is 0.629. The second-order valence-electron chi connectivity index (χ2n) is 12.9. The van der Waals surface area contributed by atoms with Gasteiger partial charge in [0.2, 0.25) is 0 Å². The summed E-state index contributed by atoms with van der Waals surface area (Å²) in [5, 5.41) is 7.30. The van der Waals surface area contributed by atoms with E-state index in [0.717, 1.165) is 45.8 Å². The van der Waals surface area contributed by atoms with Crippen molar-refractivity contribution >= 4 is 39.9 Å². The number of carbonyl (C=O) groups excluding carboxylic acids is 1. The molecule has 2 atom stereocenters. The van der Waals surface area contributed by atoms with Crippen LogP contribution >= 0.6 is 11.3 Å². The van der Waals surface area contributed by atoms with Crippen LogP contribution in [0.25, 0.3) is 6.08 Å². The lowest BCUT2D eigenvalue weighted by Crippen LogP contribution is -2.34. The predicted molar refractivity (Wildman–Crippen MR) is 179 cm³/mol. The van der Waals surface area contributed by atoms with Gasteiger partial charge in [0.25, 0.3) is 5.91 Å². The van der Waals surface area contributed by atoms with Crippen molar-refractivity contribution in [2.45, 2.75) is 119 Å². The first-order chi connectivity index (χ1) is 19.5. The lowest BCUT2D eigenvalue weighted by Gasteiger charge is -2.30. The number of nitrogens with zero attached hydrogens (tertiary/aromatic N) is 4. The van der Waals surface area contributed by atoms with Gasteiger partial charge in [-0.2, -0.15) is 10.1 Å². The van der Waals surface area contributed by atoms with E-state index in [1.807, 2.05) is 38.1 Å². The van der Waals surface area contributed by atoms with E-state index in [1.165, 1.54) is 51.4 Å². The van der Waals surface area contributed by atoms with Crippen molar-refractivity contribution < 1.29 is 4.79 Å². The Morgan fingerprint density at radius 1 is 0.976 bits per heavy atom. The molecule has 0 aliphatic carbocycles. The zero-order chi connectivity index (χ0) is 30.2. The molecular formula is C35H54N4OS. The van der Waals surface area contributed by atoms with Gasteiger partial charge in [-0.1, -0.05) is 110 Å². The normalized spacial score (nSPS) is 16.4. The van der Waals surface area contributed by atoms with Crippen LogP contribution < -0.4 is 9.91 Å². The number of aryl methyl sites for hydroxylation is 1. The molecule has 1 aromatic heterocycles. The molecule has 2 aromatic rings. The summed E-state index contributed by atoms with van der Waals surface area (Å²) >= 11 is 1.75. The van der Waals surface area contributed by atoms with Crippen LogP contribution in [0.4, 0.5) is 10.8 Å². The molecular weight excluding hydrogens is 524 g/mol. The first-order valence-corrected chi connectivity index (χ1v) is 16.8. The van der Waals surface area contributed by atoms with Crippen LogP contribution in [0.15, 0.2) is 34.9 Å². The molecule has 226 valence electrons. The molecule has 41 heavy (non-hydrogen) atoms. The molecule has 0 fully saturated rings. The topological polar surface area (TPSA) is 48.8 Å². The third-order valence-electron chi connectivity index (χ3n) is 8.25. The van der Waals surface area contributed by atoms with Gasteiger partial charge in [-0.3, -0.25) is 4.79 Å². The van der Waals surface area contributed by atoms with Crippen molar-refractivity contribution in [3.63, 3.8) is 0 Å². The van der Waals surface area contributed by atoms with Gasteiger partial charge < -0.3 is 4.90 Å². The lowest BCUT2D eigenvalue weighted by atomic mass is 9.91. The molecule has 1 aliphatic heterocycles. The van der Waals surface area contributed by atoms with Gasteiger partial charge >= 0.3 is 0 Å². The first kappa shape index (κ1) is 33.0. The van der Waals surface area contributed by atoms with Crippen molar-refractivity contribution in [2.24, 2.45) is 16.9 Å². The van der Waals surface area contributed by atoms with Crippen molar-refractivity contribution in [2.75, 3.05) is 23.0 Å². The molecule has 0 radical (unpaired) electrons. The molecule has 0 saturated heterocycles. The van der Waals surface area contributed by atoms with E-state index in [1.54, 1.807) is 16.3 Å². The third-order valence-corrected chi connectivity index (χ3v) is 9.31. The van der Waals surface area contributed by atoms with Gasteiger partial charge in [0.15, 0.2) is 5.13 Å². The average molecular weight is 579 g/mol. The Hall–Kier alpha value is -2.47. The highest BCUT2D eigenvalue weighted by Gasteiger charge is 2.32. The maximum atomic E-state index is 13.6. The van der Waals surface area contributed by atoms with Gasteiger partial charge in [0, 0.05) is 18.5 Å². The van der Waals surface area contributed by atoms with E-state index in [4.69, 9.17) is 4.98 Å². The number of rotatable bonds is 15. The molecule has 1 aromatic carbocycles. The smallest absolute Gasteiger partial charge is 0.280 e. The third kappa shape index (κ3) is 8.76. The zero-order valence-electron chi connectivity index (χ0n) is 27.2. The average Bonchev–Trinajstić information content (AvgIpc) is 3.49. The Balaban J connectivity index is 2.02. The van der Waals surface area contributed by atoms with E-state index in [-0.39, 0.29) is 11.3 Å². The number of carbonyl (C=O) groups is 1. The number of amides is 1. The van der Waals surface area contributed by atoms with Crippen LogP contribution in [0.5, 0.6) is 0 Å². The van der Waals surface area contributed by atoms with Crippen LogP contribution in [0.3, 0.4) is 0 Å². The SMILES string of the molecule is CCCCC(CC)CN(CC(CC)CCCC)c1nc(C(C)(C)C)c(/C=C2\C(=O)N(c3cccc(C)c3)N=C2C)s1. The minimum absolute atomic E-state index is 0.0732. The summed E-state index contributed by atoms with van der Waals surface area (Å²) in [6.07, 6.45) is 12.0. The van der Waals surface area contributed by atoms with Crippen molar-refractivity contribution in [1.82, 2.24) is 4.98 Å². The molecule has 0 spiro atoms. The minimum atomic E-state index is -0.144.